The lowest BCUT2D eigenvalue weighted by Crippen LogP contribution is -2.55. The quantitative estimate of drug-likeness (QED) is 0.535. The number of benzene rings is 2. The maximum Gasteiger partial charge on any atom is 0.248 e. The van der Waals surface area contributed by atoms with Crippen molar-refractivity contribution in [1.29, 1.82) is 0 Å². The number of carbonyl (C=O) groups is 3. The summed E-state index contributed by atoms with van der Waals surface area (Å²) in [6.07, 6.45) is 1.91. The molecule has 190 valence electrons. The molecule has 3 heterocycles. The van der Waals surface area contributed by atoms with Gasteiger partial charge in [-0.15, -0.1) is 11.8 Å². The van der Waals surface area contributed by atoms with Crippen LogP contribution in [0.3, 0.4) is 0 Å². The summed E-state index contributed by atoms with van der Waals surface area (Å²) in [5, 5.41) is 16.3. The minimum Gasteiger partial charge on any atom is -0.394 e. The SMILES string of the molecule is CNC(=O)[C@@H]1[C@@H]2CCC3(S2)C(C(=O)Nc2cc(C)ccc2C)N([C@@H](CO)Cc2ccccc2)C(=O)[C@H]13. The van der Waals surface area contributed by atoms with Crippen molar-refractivity contribution in [2.75, 3.05) is 19.0 Å². The van der Waals surface area contributed by atoms with Gasteiger partial charge in [0.2, 0.25) is 17.7 Å². The number of likely N-dealkylation sites (tertiary alicyclic amines) is 1. The Morgan fingerprint density at radius 3 is 2.61 bits per heavy atom. The van der Waals surface area contributed by atoms with Crippen LogP contribution in [0.25, 0.3) is 0 Å². The largest absolute Gasteiger partial charge is 0.394 e. The first-order valence-electron chi connectivity index (χ1n) is 12.5. The standard InChI is InChI=1S/C28H33N3O4S/c1-16-9-10-17(2)20(13-16)30-26(34)24-28-12-11-21(36-28)22(25(33)29-3)23(28)27(35)31(24)19(15-32)14-18-7-5-4-6-8-18/h4-10,13,19,21-24,32H,11-12,14-15H2,1-3H3,(H,29,33)(H,30,34)/t19-,21+,22-,23+,24?,28?/m1/s1. The third-order valence-corrected chi connectivity index (χ3v) is 10.1. The molecule has 2 aromatic rings. The molecule has 36 heavy (non-hydrogen) atoms. The second-order valence-electron chi connectivity index (χ2n) is 10.2. The predicted molar refractivity (Wildman–Crippen MR) is 141 cm³/mol. The number of hydrogen-bond acceptors (Lipinski definition) is 5. The van der Waals surface area contributed by atoms with Crippen LogP contribution in [0.2, 0.25) is 0 Å². The number of amides is 3. The Kier molecular flexibility index (Phi) is 6.59. The van der Waals surface area contributed by atoms with E-state index in [0.29, 0.717) is 12.8 Å². The Morgan fingerprint density at radius 2 is 1.92 bits per heavy atom. The summed E-state index contributed by atoms with van der Waals surface area (Å²) in [6.45, 7) is 3.64. The zero-order valence-electron chi connectivity index (χ0n) is 20.9. The summed E-state index contributed by atoms with van der Waals surface area (Å²) in [4.78, 5) is 42.7. The average molecular weight is 508 g/mol. The minimum atomic E-state index is -0.777. The van der Waals surface area contributed by atoms with E-state index in [1.165, 1.54) is 0 Å². The van der Waals surface area contributed by atoms with Gasteiger partial charge in [0.15, 0.2) is 0 Å². The Morgan fingerprint density at radius 1 is 1.17 bits per heavy atom. The van der Waals surface area contributed by atoms with Crippen molar-refractivity contribution in [1.82, 2.24) is 10.2 Å². The van der Waals surface area contributed by atoms with Crippen LogP contribution in [0.4, 0.5) is 5.69 Å². The highest BCUT2D eigenvalue weighted by Crippen LogP contribution is 2.66. The van der Waals surface area contributed by atoms with Crippen LogP contribution < -0.4 is 10.6 Å². The number of nitrogens with one attached hydrogen (secondary N) is 2. The fourth-order valence-corrected chi connectivity index (χ4v) is 8.67. The molecule has 0 radical (unpaired) electrons. The summed E-state index contributed by atoms with van der Waals surface area (Å²) in [5.74, 6) is -1.66. The molecular weight excluding hydrogens is 474 g/mol. The number of nitrogens with zero attached hydrogens (tertiary/aromatic N) is 1. The Bertz CT molecular complexity index is 1190. The first-order chi connectivity index (χ1) is 17.3. The van der Waals surface area contributed by atoms with Gasteiger partial charge in [0, 0.05) is 18.0 Å². The van der Waals surface area contributed by atoms with Crippen LogP contribution in [-0.4, -0.2) is 63.5 Å². The van der Waals surface area contributed by atoms with Gasteiger partial charge in [-0.05, 0) is 55.9 Å². The molecule has 2 aromatic carbocycles. The normalized spacial score (nSPS) is 29.2. The molecule has 0 saturated carbocycles. The Labute approximate surface area is 216 Å². The minimum absolute atomic E-state index is 0.0127. The van der Waals surface area contributed by atoms with Gasteiger partial charge in [-0.3, -0.25) is 14.4 Å². The van der Waals surface area contributed by atoms with Gasteiger partial charge in [-0.2, -0.15) is 0 Å². The molecule has 3 fully saturated rings. The highest BCUT2D eigenvalue weighted by molar-refractivity contribution is 8.02. The van der Waals surface area contributed by atoms with Crippen molar-refractivity contribution in [3.63, 3.8) is 0 Å². The second-order valence-corrected chi connectivity index (χ2v) is 11.9. The van der Waals surface area contributed by atoms with Crippen molar-refractivity contribution < 1.29 is 19.5 Å². The lowest BCUT2D eigenvalue weighted by atomic mass is 9.70. The van der Waals surface area contributed by atoms with E-state index in [1.807, 2.05) is 62.4 Å². The van der Waals surface area contributed by atoms with Gasteiger partial charge in [0.1, 0.15) is 6.04 Å². The summed E-state index contributed by atoms with van der Waals surface area (Å²) in [7, 11) is 1.60. The fraction of sp³-hybridized carbons (Fsp3) is 0.464. The van der Waals surface area contributed by atoms with Gasteiger partial charge in [-0.25, -0.2) is 0 Å². The number of fused-ring (bicyclic) bond motifs is 1. The molecule has 5 rings (SSSR count). The van der Waals surface area contributed by atoms with E-state index in [-0.39, 0.29) is 29.6 Å². The van der Waals surface area contributed by atoms with Gasteiger partial charge in [-0.1, -0.05) is 42.5 Å². The molecule has 0 aromatic heterocycles. The van der Waals surface area contributed by atoms with Gasteiger partial charge < -0.3 is 20.6 Å². The lowest BCUT2D eigenvalue weighted by molar-refractivity contribution is -0.141. The molecule has 3 saturated heterocycles. The number of aliphatic hydroxyl groups excluding tert-OH is 1. The highest BCUT2D eigenvalue weighted by atomic mass is 32.2. The molecular formula is C28H33N3O4S. The van der Waals surface area contributed by atoms with Gasteiger partial charge in [0.25, 0.3) is 0 Å². The average Bonchev–Trinajstić information content (AvgIpc) is 3.52. The van der Waals surface area contributed by atoms with E-state index in [9.17, 15) is 19.5 Å². The number of carbonyl (C=O) groups excluding carboxylic acids is 3. The van der Waals surface area contributed by atoms with E-state index in [4.69, 9.17) is 0 Å². The molecule has 2 bridgehead atoms. The summed E-state index contributed by atoms with van der Waals surface area (Å²) >= 11 is 1.63. The number of rotatable bonds is 7. The van der Waals surface area contributed by atoms with Crippen LogP contribution in [0.5, 0.6) is 0 Å². The molecule has 3 aliphatic heterocycles. The summed E-state index contributed by atoms with van der Waals surface area (Å²) in [6, 6.07) is 14.2. The third-order valence-electron chi connectivity index (χ3n) is 8.10. The first-order valence-corrected chi connectivity index (χ1v) is 13.4. The molecule has 3 amide bonds. The van der Waals surface area contributed by atoms with Crippen LogP contribution in [0.1, 0.15) is 29.5 Å². The van der Waals surface area contributed by atoms with Crippen molar-refractivity contribution in [3.8, 4) is 0 Å². The van der Waals surface area contributed by atoms with Gasteiger partial charge >= 0.3 is 0 Å². The van der Waals surface area contributed by atoms with Crippen LogP contribution in [0.15, 0.2) is 48.5 Å². The van der Waals surface area contributed by atoms with Crippen LogP contribution in [0, 0.1) is 25.7 Å². The van der Waals surface area contributed by atoms with Crippen LogP contribution >= 0.6 is 11.8 Å². The molecule has 3 aliphatic rings. The van der Waals surface area contributed by atoms with Crippen molar-refractivity contribution in [2.45, 2.75) is 55.2 Å². The van der Waals surface area contributed by atoms with Gasteiger partial charge in [0.05, 0.1) is 29.2 Å². The molecule has 7 nitrogen and oxygen atoms in total. The number of hydrogen-bond donors (Lipinski definition) is 3. The summed E-state index contributed by atoms with van der Waals surface area (Å²) in [5.41, 5.74) is 3.66. The number of aliphatic hydroxyl groups is 1. The Balaban J connectivity index is 1.56. The molecule has 6 atom stereocenters. The number of thioether (sulfide) groups is 1. The smallest absolute Gasteiger partial charge is 0.248 e. The molecule has 0 aliphatic carbocycles. The lowest BCUT2D eigenvalue weighted by Gasteiger charge is -2.37. The topological polar surface area (TPSA) is 98.7 Å². The molecule has 3 N–H and O–H groups in total. The second kappa shape index (κ2) is 9.56. The number of aryl methyl sites for hydroxylation is 2. The zero-order chi connectivity index (χ0) is 25.6. The third kappa shape index (κ3) is 3.91. The Hall–Kier alpha value is -2.84. The fourth-order valence-electron chi connectivity index (χ4n) is 6.46. The zero-order valence-corrected chi connectivity index (χ0v) is 21.7. The maximum atomic E-state index is 14.1. The van der Waals surface area contributed by atoms with E-state index >= 15 is 0 Å². The maximum absolute atomic E-state index is 14.1. The monoisotopic (exact) mass is 507 g/mol. The van der Waals surface area contributed by atoms with Crippen molar-refractivity contribution in [2.24, 2.45) is 11.8 Å². The van der Waals surface area contributed by atoms with Crippen molar-refractivity contribution >= 4 is 35.2 Å². The highest BCUT2D eigenvalue weighted by Gasteiger charge is 2.74. The van der Waals surface area contributed by atoms with E-state index in [1.54, 1.807) is 23.7 Å². The van der Waals surface area contributed by atoms with E-state index < -0.39 is 28.7 Å². The van der Waals surface area contributed by atoms with Crippen molar-refractivity contribution in [3.05, 3.63) is 65.2 Å². The predicted octanol–water partition coefficient (Wildman–Crippen LogP) is 2.68. The molecule has 1 spiro atoms. The van der Waals surface area contributed by atoms with E-state index in [0.717, 1.165) is 28.8 Å². The van der Waals surface area contributed by atoms with Crippen LogP contribution in [-0.2, 0) is 20.8 Å². The first kappa shape index (κ1) is 24.8. The summed E-state index contributed by atoms with van der Waals surface area (Å²) < 4.78 is -0.690. The molecule has 8 heteroatoms. The number of anilines is 1. The van der Waals surface area contributed by atoms with E-state index in [2.05, 4.69) is 10.6 Å². The molecule has 2 unspecified atom stereocenters.